The minimum Gasteiger partial charge on any atom is -0.493 e. The van der Waals surface area contributed by atoms with Gasteiger partial charge in [0.25, 0.3) is 0 Å². The molecule has 138 valence electrons. The van der Waals surface area contributed by atoms with Gasteiger partial charge in [-0.1, -0.05) is 18.2 Å². The average Bonchev–Trinajstić information content (AvgIpc) is 3.15. The number of fused-ring (bicyclic) bond motifs is 1. The minimum absolute atomic E-state index is 0.159. The summed E-state index contributed by atoms with van der Waals surface area (Å²) in [5.74, 6) is 1.99. The lowest BCUT2D eigenvalue weighted by Gasteiger charge is -2.14. The maximum atomic E-state index is 10.0. The minimum atomic E-state index is -0.650. The molecular formula is C18H22N4O4. The van der Waals surface area contributed by atoms with Crippen molar-refractivity contribution in [1.29, 1.82) is 0 Å². The fraction of sp³-hybridized carbons (Fsp3) is 0.333. The number of benzene rings is 2. The van der Waals surface area contributed by atoms with Gasteiger partial charge in [-0.3, -0.25) is 0 Å². The first kappa shape index (κ1) is 18.0. The lowest BCUT2D eigenvalue weighted by atomic mass is 10.3. The molecule has 3 aromatic rings. The summed E-state index contributed by atoms with van der Waals surface area (Å²) < 4.78 is 16.5. The number of aliphatic hydroxyl groups is 1. The largest absolute Gasteiger partial charge is 0.493 e. The monoisotopic (exact) mass is 358 g/mol. The predicted octanol–water partition coefficient (Wildman–Crippen LogP) is 1.37. The van der Waals surface area contributed by atoms with Crippen molar-refractivity contribution in [3.05, 3.63) is 42.5 Å². The van der Waals surface area contributed by atoms with Gasteiger partial charge in [-0.2, -0.15) is 15.4 Å². The second-order valence-electron chi connectivity index (χ2n) is 5.62. The van der Waals surface area contributed by atoms with Crippen LogP contribution in [0.4, 0.5) is 0 Å². The van der Waals surface area contributed by atoms with Crippen LogP contribution < -0.4 is 19.5 Å². The van der Waals surface area contributed by atoms with Crippen molar-refractivity contribution in [1.82, 2.24) is 20.7 Å². The molecular weight excluding hydrogens is 336 g/mol. The third-order valence-electron chi connectivity index (χ3n) is 3.73. The van der Waals surface area contributed by atoms with Gasteiger partial charge in [-0.15, -0.1) is 0 Å². The van der Waals surface area contributed by atoms with E-state index in [2.05, 4.69) is 20.7 Å². The molecule has 0 aliphatic rings. The van der Waals surface area contributed by atoms with E-state index in [1.54, 1.807) is 13.2 Å². The van der Waals surface area contributed by atoms with E-state index in [1.165, 1.54) is 0 Å². The summed E-state index contributed by atoms with van der Waals surface area (Å²) in [6.07, 6.45) is -0.650. The fourth-order valence-corrected chi connectivity index (χ4v) is 2.44. The van der Waals surface area contributed by atoms with Gasteiger partial charge in [0.1, 0.15) is 30.6 Å². The van der Waals surface area contributed by atoms with E-state index in [0.717, 1.165) is 5.52 Å². The molecule has 0 aliphatic carbocycles. The first-order chi connectivity index (χ1) is 12.8. The number of aromatic nitrogens is 3. The van der Waals surface area contributed by atoms with Gasteiger partial charge in [0.05, 0.1) is 7.11 Å². The molecule has 0 bridgehead atoms. The third kappa shape index (κ3) is 4.62. The van der Waals surface area contributed by atoms with Crippen LogP contribution in [0, 0.1) is 0 Å². The molecule has 8 nitrogen and oxygen atoms in total. The van der Waals surface area contributed by atoms with E-state index in [4.69, 9.17) is 14.2 Å². The van der Waals surface area contributed by atoms with E-state index < -0.39 is 6.10 Å². The number of rotatable bonds is 10. The van der Waals surface area contributed by atoms with Gasteiger partial charge in [-0.25, -0.2) is 0 Å². The second kappa shape index (κ2) is 9.02. The van der Waals surface area contributed by atoms with Crippen molar-refractivity contribution >= 4 is 11.0 Å². The molecule has 1 aromatic heterocycles. The number of aliphatic hydroxyl groups excluding tert-OH is 1. The molecule has 0 unspecified atom stereocenters. The van der Waals surface area contributed by atoms with E-state index in [1.807, 2.05) is 36.4 Å². The number of aromatic amines is 1. The van der Waals surface area contributed by atoms with Crippen LogP contribution in [0.3, 0.4) is 0 Å². The quantitative estimate of drug-likeness (QED) is 0.471. The molecule has 3 N–H and O–H groups in total. The summed E-state index contributed by atoms with van der Waals surface area (Å²) in [4.78, 5) is 0. The number of nitrogens with one attached hydrogen (secondary N) is 2. The number of nitrogens with zero attached hydrogens (tertiary/aromatic N) is 2. The van der Waals surface area contributed by atoms with Crippen LogP contribution in [-0.4, -0.2) is 60.0 Å². The molecule has 0 fully saturated rings. The topological polar surface area (TPSA) is 102 Å². The van der Waals surface area contributed by atoms with Crippen LogP contribution in [-0.2, 0) is 0 Å². The molecule has 0 saturated carbocycles. The van der Waals surface area contributed by atoms with E-state index in [9.17, 15) is 5.11 Å². The van der Waals surface area contributed by atoms with Gasteiger partial charge < -0.3 is 24.6 Å². The zero-order chi connectivity index (χ0) is 18.2. The molecule has 0 saturated heterocycles. The molecule has 0 aliphatic heterocycles. The van der Waals surface area contributed by atoms with Crippen molar-refractivity contribution in [3.8, 4) is 17.2 Å². The second-order valence-corrected chi connectivity index (χ2v) is 5.62. The number of para-hydroxylation sites is 3. The summed E-state index contributed by atoms with van der Waals surface area (Å²) in [6, 6.07) is 12.9. The predicted molar refractivity (Wildman–Crippen MR) is 96.7 cm³/mol. The number of hydrogen-bond acceptors (Lipinski definition) is 7. The van der Waals surface area contributed by atoms with Crippen LogP contribution in [0.15, 0.2) is 42.5 Å². The van der Waals surface area contributed by atoms with Crippen LogP contribution in [0.1, 0.15) is 0 Å². The molecule has 0 spiro atoms. The molecule has 0 radical (unpaired) electrons. The Kier molecular flexibility index (Phi) is 6.24. The van der Waals surface area contributed by atoms with Gasteiger partial charge in [0, 0.05) is 13.1 Å². The Balaban J connectivity index is 1.35. The van der Waals surface area contributed by atoms with Crippen molar-refractivity contribution in [2.75, 3.05) is 33.4 Å². The smallest absolute Gasteiger partial charge is 0.161 e. The van der Waals surface area contributed by atoms with Gasteiger partial charge in [0.15, 0.2) is 17.0 Å². The molecule has 0 amide bonds. The highest BCUT2D eigenvalue weighted by Gasteiger charge is 2.09. The zero-order valence-electron chi connectivity index (χ0n) is 14.5. The summed E-state index contributed by atoms with van der Waals surface area (Å²) in [5, 5.41) is 23.8. The van der Waals surface area contributed by atoms with E-state index >= 15 is 0 Å². The highest BCUT2D eigenvalue weighted by Crippen LogP contribution is 2.25. The van der Waals surface area contributed by atoms with Crippen molar-refractivity contribution < 1.29 is 19.3 Å². The maximum absolute atomic E-state index is 10.0. The molecule has 2 aromatic carbocycles. The van der Waals surface area contributed by atoms with Crippen LogP contribution >= 0.6 is 0 Å². The van der Waals surface area contributed by atoms with Crippen molar-refractivity contribution in [3.63, 3.8) is 0 Å². The highest BCUT2D eigenvalue weighted by molar-refractivity contribution is 5.80. The Morgan fingerprint density at radius 2 is 1.85 bits per heavy atom. The van der Waals surface area contributed by atoms with Gasteiger partial charge in [0.2, 0.25) is 0 Å². The molecule has 1 atom stereocenters. The maximum Gasteiger partial charge on any atom is 0.161 e. The third-order valence-corrected chi connectivity index (χ3v) is 3.73. The van der Waals surface area contributed by atoms with Gasteiger partial charge in [-0.05, 0) is 24.3 Å². The first-order valence-corrected chi connectivity index (χ1v) is 8.35. The Morgan fingerprint density at radius 1 is 1.04 bits per heavy atom. The first-order valence-electron chi connectivity index (χ1n) is 8.35. The summed E-state index contributed by atoms with van der Waals surface area (Å²) in [7, 11) is 1.61. The molecule has 1 heterocycles. The van der Waals surface area contributed by atoms with Crippen LogP contribution in [0.2, 0.25) is 0 Å². The lowest BCUT2D eigenvalue weighted by Crippen LogP contribution is -2.33. The number of H-pyrrole nitrogens is 1. The number of ether oxygens (including phenoxy) is 3. The fourth-order valence-electron chi connectivity index (χ4n) is 2.44. The Bertz CT molecular complexity index is 824. The van der Waals surface area contributed by atoms with Crippen molar-refractivity contribution in [2.45, 2.75) is 6.10 Å². The molecule has 26 heavy (non-hydrogen) atoms. The number of hydrogen-bond donors (Lipinski definition) is 3. The van der Waals surface area contributed by atoms with E-state index in [0.29, 0.717) is 42.5 Å². The Labute approximate surface area is 151 Å². The zero-order valence-corrected chi connectivity index (χ0v) is 14.5. The average molecular weight is 358 g/mol. The van der Waals surface area contributed by atoms with Crippen LogP contribution in [0.5, 0.6) is 17.2 Å². The SMILES string of the molecule is COc1ccccc1OCCNC[C@H](O)COc1cccc2n[nH]nc12. The Hall–Kier alpha value is -2.84. The molecule has 3 rings (SSSR count). The normalized spacial score (nSPS) is 12.1. The standard InChI is InChI=1S/C18H22N4O4/c1-24-15-6-2-3-7-16(15)25-10-9-19-11-13(23)12-26-17-8-4-5-14-18(17)21-22-20-14/h2-8,13,19,23H,9-12H2,1H3,(H,20,21,22)/t13-/m0/s1. The van der Waals surface area contributed by atoms with E-state index in [-0.39, 0.29) is 6.61 Å². The lowest BCUT2D eigenvalue weighted by molar-refractivity contribution is 0.106. The van der Waals surface area contributed by atoms with Crippen molar-refractivity contribution in [2.24, 2.45) is 0 Å². The molecule has 8 heteroatoms. The Morgan fingerprint density at radius 3 is 2.69 bits per heavy atom. The summed E-state index contributed by atoms with van der Waals surface area (Å²) in [6.45, 7) is 1.61. The highest BCUT2D eigenvalue weighted by atomic mass is 16.5. The summed E-state index contributed by atoms with van der Waals surface area (Å²) >= 11 is 0. The number of methoxy groups -OCH3 is 1. The summed E-state index contributed by atoms with van der Waals surface area (Å²) in [5.41, 5.74) is 1.38. The van der Waals surface area contributed by atoms with Gasteiger partial charge >= 0.3 is 0 Å². The van der Waals surface area contributed by atoms with Crippen LogP contribution in [0.25, 0.3) is 11.0 Å².